The molecule has 4 nitrogen and oxygen atoms in total. The molecule has 2 N–H and O–H groups in total. The quantitative estimate of drug-likeness (QED) is 0.648. The summed E-state index contributed by atoms with van der Waals surface area (Å²) in [6.45, 7) is 3.25. The van der Waals surface area contributed by atoms with Crippen molar-refractivity contribution < 1.29 is 0 Å². The maximum Gasteiger partial charge on any atom is 0.144 e. The van der Waals surface area contributed by atoms with E-state index in [1.807, 2.05) is 0 Å². The first-order valence-electron chi connectivity index (χ1n) is 4.42. The summed E-state index contributed by atoms with van der Waals surface area (Å²) < 4.78 is 0. The molecule has 1 atom stereocenters. The van der Waals surface area contributed by atoms with Crippen LogP contribution in [-0.4, -0.2) is 21.7 Å². The fourth-order valence-electron chi connectivity index (χ4n) is 1.73. The fourth-order valence-corrected chi connectivity index (χ4v) is 1.73. The van der Waals surface area contributed by atoms with E-state index in [9.17, 15) is 0 Å². The first kappa shape index (κ1) is 7.73. The van der Waals surface area contributed by atoms with Gasteiger partial charge in [-0.2, -0.15) is 5.10 Å². The summed E-state index contributed by atoms with van der Waals surface area (Å²) in [5.74, 6) is 0.960. The molecule has 0 saturated carbocycles. The van der Waals surface area contributed by atoms with Crippen LogP contribution in [0, 0.1) is 0 Å². The second-order valence-corrected chi connectivity index (χ2v) is 3.55. The molecule has 1 saturated heterocycles. The molecular formula is C8H14N4. The summed E-state index contributed by atoms with van der Waals surface area (Å²) in [5, 5.41) is 10.3. The lowest BCUT2D eigenvalue weighted by Crippen LogP contribution is -2.44. The zero-order chi connectivity index (χ0) is 8.44. The van der Waals surface area contributed by atoms with Crippen molar-refractivity contribution >= 4 is 0 Å². The van der Waals surface area contributed by atoms with E-state index in [-0.39, 0.29) is 5.54 Å². The number of piperidine rings is 1. The van der Waals surface area contributed by atoms with Crippen LogP contribution in [0.3, 0.4) is 0 Å². The summed E-state index contributed by atoms with van der Waals surface area (Å²) in [6, 6.07) is 0. The van der Waals surface area contributed by atoms with Gasteiger partial charge in [0.15, 0.2) is 0 Å². The molecule has 1 aromatic rings. The van der Waals surface area contributed by atoms with Gasteiger partial charge in [0.1, 0.15) is 12.2 Å². The molecule has 0 bridgehead atoms. The molecule has 66 valence electrons. The van der Waals surface area contributed by atoms with Crippen molar-refractivity contribution in [3.8, 4) is 0 Å². The molecule has 1 aliphatic heterocycles. The monoisotopic (exact) mass is 166 g/mol. The van der Waals surface area contributed by atoms with Crippen LogP contribution in [0.1, 0.15) is 32.0 Å². The Labute approximate surface area is 71.8 Å². The van der Waals surface area contributed by atoms with E-state index < -0.39 is 0 Å². The van der Waals surface area contributed by atoms with Crippen LogP contribution in [0.5, 0.6) is 0 Å². The van der Waals surface area contributed by atoms with Gasteiger partial charge in [0, 0.05) is 0 Å². The number of nitrogens with one attached hydrogen (secondary N) is 2. The van der Waals surface area contributed by atoms with Gasteiger partial charge in [-0.3, -0.25) is 5.10 Å². The highest BCUT2D eigenvalue weighted by molar-refractivity contribution is 5.03. The molecule has 1 aromatic heterocycles. The van der Waals surface area contributed by atoms with Gasteiger partial charge in [0.05, 0.1) is 5.54 Å². The Balaban J connectivity index is 2.19. The second kappa shape index (κ2) is 2.86. The molecule has 1 aliphatic rings. The van der Waals surface area contributed by atoms with Crippen LogP contribution in [0.2, 0.25) is 0 Å². The van der Waals surface area contributed by atoms with Crippen LogP contribution in [0.25, 0.3) is 0 Å². The predicted octanol–water partition coefficient (Wildman–Crippen LogP) is 0.793. The van der Waals surface area contributed by atoms with Crippen LogP contribution in [0.4, 0.5) is 0 Å². The van der Waals surface area contributed by atoms with E-state index in [4.69, 9.17) is 0 Å². The summed E-state index contributed by atoms with van der Waals surface area (Å²) in [5.41, 5.74) is 0.0226. The van der Waals surface area contributed by atoms with Gasteiger partial charge < -0.3 is 5.32 Å². The molecule has 2 heterocycles. The smallest absolute Gasteiger partial charge is 0.144 e. The lowest BCUT2D eigenvalue weighted by atomic mass is 9.90. The summed E-state index contributed by atoms with van der Waals surface area (Å²) >= 11 is 0. The van der Waals surface area contributed by atoms with E-state index in [1.165, 1.54) is 12.8 Å². The molecular weight excluding hydrogens is 152 g/mol. The van der Waals surface area contributed by atoms with Gasteiger partial charge in [-0.05, 0) is 32.7 Å². The standard InChI is InChI=1S/C8H14N4/c1-8(4-2-3-5-10-8)7-9-6-11-12-7/h6,10H,2-5H2,1H3,(H,9,11,12). The lowest BCUT2D eigenvalue weighted by molar-refractivity contribution is 0.269. The Morgan fingerprint density at radius 1 is 1.50 bits per heavy atom. The van der Waals surface area contributed by atoms with E-state index in [0.29, 0.717) is 0 Å². The highest BCUT2D eigenvalue weighted by Gasteiger charge is 2.30. The first-order chi connectivity index (χ1) is 5.81. The number of hydrogen-bond donors (Lipinski definition) is 2. The van der Waals surface area contributed by atoms with Crippen molar-refractivity contribution in [2.24, 2.45) is 0 Å². The SMILES string of the molecule is CC1(c2ncn[nH]2)CCCCN1. The Kier molecular flexibility index (Phi) is 1.84. The molecule has 0 amide bonds. The highest BCUT2D eigenvalue weighted by Crippen LogP contribution is 2.26. The Morgan fingerprint density at radius 3 is 3.00 bits per heavy atom. The topological polar surface area (TPSA) is 53.6 Å². The number of aromatic nitrogens is 3. The predicted molar refractivity (Wildman–Crippen MR) is 45.6 cm³/mol. The average Bonchev–Trinajstić information content (AvgIpc) is 2.58. The molecule has 1 unspecified atom stereocenters. The largest absolute Gasteiger partial charge is 0.305 e. The van der Waals surface area contributed by atoms with Crippen molar-refractivity contribution in [2.45, 2.75) is 31.7 Å². The van der Waals surface area contributed by atoms with E-state index in [2.05, 4.69) is 27.4 Å². The molecule has 4 heteroatoms. The van der Waals surface area contributed by atoms with Crippen molar-refractivity contribution in [3.05, 3.63) is 12.2 Å². The molecule has 0 radical (unpaired) electrons. The third-order valence-corrected chi connectivity index (χ3v) is 2.56. The maximum atomic E-state index is 4.18. The molecule has 0 spiro atoms. The van der Waals surface area contributed by atoms with Gasteiger partial charge >= 0.3 is 0 Å². The highest BCUT2D eigenvalue weighted by atomic mass is 15.2. The van der Waals surface area contributed by atoms with Crippen LogP contribution in [-0.2, 0) is 5.54 Å². The summed E-state index contributed by atoms with van der Waals surface area (Å²) in [7, 11) is 0. The third kappa shape index (κ3) is 1.22. The van der Waals surface area contributed by atoms with Crippen molar-refractivity contribution in [2.75, 3.05) is 6.54 Å². The average molecular weight is 166 g/mol. The molecule has 0 aromatic carbocycles. The summed E-state index contributed by atoms with van der Waals surface area (Å²) in [6.07, 6.45) is 5.24. The molecule has 2 rings (SSSR count). The van der Waals surface area contributed by atoms with E-state index >= 15 is 0 Å². The number of H-pyrrole nitrogens is 1. The zero-order valence-corrected chi connectivity index (χ0v) is 7.30. The lowest BCUT2D eigenvalue weighted by Gasteiger charge is -2.32. The number of rotatable bonds is 1. The van der Waals surface area contributed by atoms with E-state index in [1.54, 1.807) is 6.33 Å². The van der Waals surface area contributed by atoms with Crippen molar-refractivity contribution in [1.82, 2.24) is 20.5 Å². The van der Waals surface area contributed by atoms with Gasteiger partial charge in [-0.25, -0.2) is 4.98 Å². The number of nitrogens with zero attached hydrogens (tertiary/aromatic N) is 2. The van der Waals surface area contributed by atoms with Crippen molar-refractivity contribution in [3.63, 3.8) is 0 Å². The summed E-state index contributed by atoms with van der Waals surface area (Å²) in [4.78, 5) is 4.18. The molecule has 0 aliphatic carbocycles. The van der Waals surface area contributed by atoms with Crippen LogP contribution < -0.4 is 5.32 Å². The Bertz CT molecular complexity index is 236. The fraction of sp³-hybridized carbons (Fsp3) is 0.750. The Morgan fingerprint density at radius 2 is 2.42 bits per heavy atom. The van der Waals surface area contributed by atoms with Gasteiger partial charge in [0.25, 0.3) is 0 Å². The second-order valence-electron chi connectivity index (χ2n) is 3.55. The minimum atomic E-state index is 0.0226. The third-order valence-electron chi connectivity index (χ3n) is 2.56. The minimum Gasteiger partial charge on any atom is -0.305 e. The number of hydrogen-bond acceptors (Lipinski definition) is 3. The number of aromatic amines is 1. The van der Waals surface area contributed by atoms with Gasteiger partial charge in [-0.15, -0.1) is 0 Å². The normalized spacial score (nSPS) is 30.4. The van der Waals surface area contributed by atoms with E-state index in [0.717, 1.165) is 18.8 Å². The zero-order valence-electron chi connectivity index (χ0n) is 7.30. The first-order valence-corrected chi connectivity index (χ1v) is 4.42. The van der Waals surface area contributed by atoms with Gasteiger partial charge in [-0.1, -0.05) is 0 Å². The van der Waals surface area contributed by atoms with Crippen LogP contribution in [0.15, 0.2) is 6.33 Å². The maximum absolute atomic E-state index is 4.18. The minimum absolute atomic E-state index is 0.0226. The van der Waals surface area contributed by atoms with Crippen molar-refractivity contribution in [1.29, 1.82) is 0 Å². The molecule has 1 fully saturated rings. The molecule has 12 heavy (non-hydrogen) atoms. The van der Waals surface area contributed by atoms with Crippen LogP contribution >= 0.6 is 0 Å². The van der Waals surface area contributed by atoms with Gasteiger partial charge in [0.2, 0.25) is 0 Å². The Hall–Kier alpha value is -0.900.